The van der Waals surface area contributed by atoms with Crippen molar-refractivity contribution >= 4 is 27.5 Å². The number of anilines is 1. The van der Waals surface area contributed by atoms with Crippen LogP contribution in [-0.4, -0.2) is 51.2 Å². The van der Waals surface area contributed by atoms with Gasteiger partial charge in [0.2, 0.25) is 21.8 Å². The van der Waals surface area contributed by atoms with Gasteiger partial charge in [-0.3, -0.25) is 9.59 Å². The van der Waals surface area contributed by atoms with E-state index in [1.54, 1.807) is 37.9 Å². The zero-order valence-corrected chi connectivity index (χ0v) is 19.2. The molecule has 3 rings (SSSR count). The van der Waals surface area contributed by atoms with Gasteiger partial charge in [0.25, 0.3) is 0 Å². The molecule has 1 aromatic carbocycles. The van der Waals surface area contributed by atoms with Gasteiger partial charge >= 0.3 is 0 Å². The van der Waals surface area contributed by atoms with Crippen molar-refractivity contribution in [3.05, 3.63) is 23.8 Å². The molecule has 0 aromatic heterocycles. The Morgan fingerprint density at radius 2 is 1.77 bits per heavy atom. The number of carbonyl (C=O) groups is 2. The molecule has 0 spiro atoms. The van der Waals surface area contributed by atoms with E-state index in [-0.39, 0.29) is 29.3 Å². The first kappa shape index (κ1) is 22.7. The highest BCUT2D eigenvalue weighted by Gasteiger charge is 2.43. The molecule has 0 radical (unpaired) electrons. The monoisotopic (exact) mass is 435 g/mol. The Hall–Kier alpha value is -1.93. The van der Waals surface area contributed by atoms with Crippen molar-refractivity contribution in [1.82, 2.24) is 9.62 Å². The molecule has 1 heterocycles. The van der Waals surface area contributed by atoms with Gasteiger partial charge in [-0.05, 0) is 50.5 Å². The standard InChI is InChI=1S/C22H33N3O4S/c1-22(2)18-14-17(12-13-19(18)25(4)21(22)27)30(28,29)24(3)15-20(26)23-16-10-8-6-5-7-9-11-16/h12-14,16H,5-11,15H2,1-4H3,(H,23,26). The highest BCUT2D eigenvalue weighted by molar-refractivity contribution is 7.89. The molecule has 7 nitrogen and oxygen atoms in total. The molecule has 8 heteroatoms. The van der Waals surface area contributed by atoms with Crippen LogP contribution in [0.4, 0.5) is 5.69 Å². The first-order chi connectivity index (χ1) is 14.0. The molecular weight excluding hydrogens is 402 g/mol. The van der Waals surface area contributed by atoms with Gasteiger partial charge in [-0.1, -0.05) is 32.1 Å². The lowest BCUT2D eigenvalue weighted by Crippen LogP contribution is -2.43. The molecule has 1 N–H and O–H groups in total. The Balaban J connectivity index is 1.72. The van der Waals surface area contributed by atoms with Crippen LogP contribution in [0.15, 0.2) is 23.1 Å². The van der Waals surface area contributed by atoms with E-state index in [2.05, 4.69) is 5.32 Å². The van der Waals surface area contributed by atoms with Crippen molar-refractivity contribution in [2.45, 2.75) is 75.1 Å². The number of nitrogens with zero attached hydrogens (tertiary/aromatic N) is 2. The Morgan fingerprint density at radius 3 is 2.40 bits per heavy atom. The van der Waals surface area contributed by atoms with Crippen LogP contribution in [0.1, 0.15) is 64.4 Å². The fourth-order valence-corrected chi connectivity index (χ4v) is 5.61. The molecule has 1 saturated carbocycles. The molecule has 0 saturated heterocycles. The Kier molecular flexibility index (Phi) is 6.57. The summed E-state index contributed by atoms with van der Waals surface area (Å²) in [5.41, 5.74) is 0.612. The topological polar surface area (TPSA) is 86.8 Å². The fraction of sp³-hybridized carbons (Fsp3) is 0.636. The number of hydrogen-bond acceptors (Lipinski definition) is 4. The van der Waals surface area contributed by atoms with Crippen LogP contribution in [0.2, 0.25) is 0 Å². The Labute approximate surface area is 179 Å². The van der Waals surface area contributed by atoms with E-state index in [1.807, 2.05) is 0 Å². The second-order valence-electron chi connectivity index (χ2n) is 9.04. The quantitative estimate of drug-likeness (QED) is 0.770. The predicted octanol–water partition coefficient (Wildman–Crippen LogP) is 2.79. The highest BCUT2D eigenvalue weighted by atomic mass is 32.2. The second-order valence-corrected chi connectivity index (χ2v) is 11.1. The molecule has 1 aromatic rings. The minimum Gasteiger partial charge on any atom is -0.352 e. The Morgan fingerprint density at radius 1 is 1.17 bits per heavy atom. The van der Waals surface area contributed by atoms with Crippen LogP contribution in [0.25, 0.3) is 0 Å². The number of nitrogens with one attached hydrogen (secondary N) is 1. The van der Waals surface area contributed by atoms with E-state index >= 15 is 0 Å². The average Bonchev–Trinajstić information content (AvgIpc) is 2.84. The normalized spacial score (nSPS) is 20.0. The number of benzene rings is 1. The van der Waals surface area contributed by atoms with Gasteiger partial charge in [-0.25, -0.2) is 8.42 Å². The molecule has 166 valence electrons. The molecule has 0 bridgehead atoms. The number of hydrogen-bond donors (Lipinski definition) is 1. The molecule has 30 heavy (non-hydrogen) atoms. The molecule has 0 atom stereocenters. The lowest BCUT2D eigenvalue weighted by Gasteiger charge is -2.23. The van der Waals surface area contributed by atoms with Gasteiger partial charge in [0.15, 0.2) is 0 Å². The van der Waals surface area contributed by atoms with Crippen molar-refractivity contribution < 1.29 is 18.0 Å². The van der Waals surface area contributed by atoms with Crippen LogP contribution in [0.5, 0.6) is 0 Å². The maximum absolute atomic E-state index is 13.1. The second kappa shape index (κ2) is 8.67. The number of carbonyl (C=O) groups excluding carboxylic acids is 2. The van der Waals surface area contributed by atoms with Gasteiger partial charge in [0, 0.05) is 25.8 Å². The first-order valence-corrected chi connectivity index (χ1v) is 12.2. The third kappa shape index (κ3) is 4.39. The smallest absolute Gasteiger partial charge is 0.243 e. The van der Waals surface area contributed by atoms with Crippen LogP contribution >= 0.6 is 0 Å². The Bertz CT molecular complexity index is 918. The van der Waals surface area contributed by atoms with Crippen LogP contribution in [0.3, 0.4) is 0 Å². The van der Waals surface area contributed by atoms with Crippen molar-refractivity contribution in [3.63, 3.8) is 0 Å². The summed E-state index contributed by atoms with van der Waals surface area (Å²) in [6.45, 7) is 3.36. The number of amides is 2. The summed E-state index contributed by atoms with van der Waals surface area (Å²) in [6.07, 6.45) is 7.71. The molecule has 1 fully saturated rings. The lowest BCUT2D eigenvalue weighted by atomic mass is 9.86. The van der Waals surface area contributed by atoms with Crippen molar-refractivity contribution in [1.29, 1.82) is 0 Å². The zero-order valence-electron chi connectivity index (χ0n) is 18.4. The lowest BCUT2D eigenvalue weighted by molar-refractivity contribution is -0.122. The van der Waals surface area contributed by atoms with E-state index in [1.165, 1.54) is 32.4 Å². The molecule has 0 unspecified atom stereocenters. The summed E-state index contributed by atoms with van der Waals surface area (Å²) in [4.78, 5) is 26.6. The maximum Gasteiger partial charge on any atom is 0.243 e. The number of fused-ring (bicyclic) bond motifs is 1. The first-order valence-electron chi connectivity index (χ1n) is 10.7. The zero-order chi connectivity index (χ0) is 22.1. The van der Waals surface area contributed by atoms with Crippen molar-refractivity contribution in [3.8, 4) is 0 Å². The van der Waals surface area contributed by atoms with Gasteiger partial charge in [0.1, 0.15) is 0 Å². The summed E-state index contributed by atoms with van der Waals surface area (Å²) >= 11 is 0. The summed E-state index contributed by atoms with van der Waals surface area (Å²) in [7, 11) is -0.742. The third-order valence-corrected chi connectivity index (χ3v) is 8.19. The molecule has 2 amide bonds. The van der Waals surface area contributed by atoms with Crippen LogP contribution < -0.4 is 10.2 Å². The SMILES string of the molecule is CN1C(=O)C(C)(C)c2cc(S(=O)(=O)N(C)CC(=O)NC3CCCCCCC3)ccc21. The van der Waals surface area contributed by atoms with E-state index in [0.29, 0.717) is 11.3 Å². The number of likely N-dealkylation sites (N-methyl/N-ethyl adjacent to an activating group) is 2. The minimum absolute atomic E-state index is 0.0704. The van der Waals surface area contributed by atoms with Gasteiger partial charge < -0.3 is 10.2 Å². The van der Waals surface area contributed by atoms with E-state index in [9.17, 15) is 18.0 Å². The maximum atomic E-state index is 13.1. The van der Waals surface area contributed by atoms with Gasteiger partial charge in [-0.2, -0.15) is 4.31 Å². The van der Waals surface area contributed by atoms with Gasteiger partial charge in [-0.15, -0.1) is 0 Å². The van der Waals surface area contributed by atoms with Crippen LogP contribution in [-0.2, 0) is 25.0 Å². The molecule has 1 aliphatic heterocycles. The summed E-state index contributed by atoms with van der Waals surface area (Å²) < 4.78 is 27.2. The molecule has 1 aliphatic carbocycles. The third-order valence-electron chi connectivity index (χ3n) is 6.39. The summed E-state index contributed by atoms with van der Waals surface area (Å²) in [5, 5.41) is 3.01. The fourth-order valence-electron chi connectivity index (χ4n) is 4.45. The van der Waals surface area contributed by atoms with Gasteiger partial charge in [0.05, 0.1) is 16.9 Å². The predicted molar refractivity (Wildman–Crippen MR) is 117 cm³/mol. The molecule has 2 aliphatic rings. The minimum atomic E-state index is -3.85. The van der Waals surface area contributed by atoms with Crippen molar-refractivity contribution in [2.75, 3.05) is 25.5 Å². The largest absolute Gasteiger partial charge is 0.352 e. The summed E-state index contributed by atoms with van der Waals surface area (Å²) in [6, 6.07) is 4.85. The molecular formula is C22H33N3O4S. The van der Waals surface area contributed by atoms with E-state index in [0.717, 1.165) is 30.0 Å². The summed E-state index contributed by atoms with van der Waals surface area (Å²) in [5.74, 6) is -0.345. The highest BCUT2D eigenvalue weighted by Crippen LogP contribution is 2.41. The number of sulfonamides is 1. The van der Waals surface area contributed by atoms with E-state index in [4.69, 9.17) is 0 Å². The van der Waals surface area contributed by atoms with Crippen molar-refractivity contribution in [2.24, 2.45) is 0 Å². The van der Waals surface area contributed by atoms with Crippen LogP contribution in [0, 0.1) is 0 Å². The van der Waals surface area contributed by atoms with E-state index < -0.39 is 15.4 Å². The number of rotatable bonds is 5. The average molecular weight is 436 g/mol.